The average Bonchev–Trinajstić information content (AvgIpc) is 2.95. The van der Waals surface area contributed by atoms with Crippen molar-refractivity contribution in [1.29, 1.82) is 0 Å². The number of aryl methyl sites for hydroxylation is 3. The Morgan fingerprint density at radius 3 is 2.74 bits per heavy atom. The predicted molar refractivity (Wildman–Crippen MR) is 75.9 cm³/mol. The monoisotopic (exact) mass is 261 g/mol. The van der Waals surface area contributed by atoms with Gasteiger partial charge in [-0.3, -0.25) is 9.36 Å². The van der Waals surface area contributed by atoms with E-state index in [1.54, 1.807) is 0 Å². The van der Waals surface area contributed by atoms with Crippen LogP contribution in [0.2, 0.25) is 0 Å². The summed E-state index contributed by atoms with van der Waals surface area (Å²) in [5.41, 5.74) is 3.68. The zero-order valence-corrected chi connectivity index (χ0v) is 12.2. The van der Waals surface area contributed by atoms with Gasteiger partial charge in [0.25, 0.3) is 0 Å². The van der Waals surface area contributed by atoms with Crippen LogP contribution >= 0.6 is 0 Å². The molecule has 1 unspecified atom stereocenters. The van der Waals surface area contributed by atoms with Crippen molar-refractivity contribution < 1.29 is 0 Å². The van der Waals surface area contributed by atoms with E-state index < -0.39 is 0 Å². The van der Waals surface area contributed by atoms with Crippen molar-refractivity contribution >= 4 is 0 Å². The average molecular weight is 261 g/mol. The molecule has 5 heteroatoms. The molecule has 0 fully saturated rings. The third kappa shape index (κ3) is 3.23. The van der Waals surface area contributed by atoms with E-state index >= 15 is 0 Å². The molecule has 0 bridgehead atoms. The summed E-state index contributed by atoms with van der Waals surface area (Å²) in [6.45, 7) is 8.33. The Morgan fingerprint density at radius 1 is 1.37 bits per heavy atom. The molecule has 2 heterocycles. The van der Waals surface area contributed by atoms with E-state index in [1.807, 2.05) is 34.9 Å². The summed E-state index contributed by atoms with van der Waals surface area (Å²) in [5, 5.41) is 12.2. The van der Waals surface area contributed by atoms with E-state index in [-0.39, 0.29) is 0 Å². The van der Waals surface area contributed by atoms with Crippen molar-refractivity contribution in [2.75, 3.05) is 6.54 Å². The second-order valence-corrected chi connectivity index (χ2v) is 5.01. The van der Waals surface area contributed by atoms with Gasteiger partial charge >= 0.3 is 0 Å². The molecule has 2 rings (SSSR count). The highest BCUT2D eigenvalue weighted by Gasteiger charge is 2.15. The van der Waals surface area contributed by atoms with Gasteiger partial charge in [0, 0.05) is 43.3 Å². The quantitative estimate of drug-likeness (QED) is 0.809. The normalized spacial score (nSPS) is 12.8. The van der Waals surface area contributed by atoms with Crippen molar-refractivity contribution in [3.8, 4) is 0 Å². The van der Waals surface area contributed by atoms with Crippen LogP contribution in [0, 0.1) is 13.8 Å². The molecule has 2 aromatic rings. The number of nitrogens with zero attached hydrogens (tertiary/aromatic N) is 4. The minimum absolute atomic E-state index is 0.339. The summed E-state index contributed by atoms with van der Waals surface area (Å²) in [6.07, 6.45) is 4.89. The van der Waals surface area contributed by atoms with Gasteiger partial charge < -0.3 is 5.32 Å². The Bertz CT molecular complexity index is 512. The van der Waals surface area contributed by atoms with Gasteiger partial charge in [0.05, 0.1) is 5.69 Å². The van der Waals surface area contributed by atoms with E-state index in [4.69, 9.17) is 0 Å². The fourth-order valence-electron chi connectivity index (χ4n) is 2.51. The maximum atomic E-state index is 4.46. The first-order valence-corrected chi connectivity index (χ1v) is 6.80. The zero-order chi connectivity index (χ0) is 13.8. The number of aromatic nitrogens is 4. The Kier molecular flexibility index (Phi) is 4.37. The number of hydrogen-bond donors (Lipinski definition) is 1. The molecule has 0 saturated carbocycles. The van der Waals surface area contributed by atoms with Gasteiger partial charge in [-0.1, -0.05) is 0 Å². The Labute approximate surface area is 114 Å². The molecule has 0 aliphatic heterocycles. The lowest BCUT2D eigenvalue weighted by Crippen LogP contribution is -2.22. The first kappa shape index (κ1) is 13.8. The maximum Gasteiger partial charge on any atom is 0.0644 e. The van der Waals surface area contributed by atoms with Gasteiger partial charge in [-0.15, -0.1) is 0 Å². The van der Waals surface area contributed by atoms with Gasteiger partial charge in [0.2, 0.25) is 0 Å². The van der Waals surface area contributed by atoms with Gasteiger partial charge in [-0.05, 0) is 39.8 Å². The SMILES string of the molecule is Cc1nn(C)c(C)c1C(C)NCCCn1cccn1. The summed E-state index contributed by atoms with van der Waals surface area (Å²) < 4.78 is 3.92. The summed E-state index contributed by atoms with van der Waals surface area (Å²) in [5.74, 6) is 0. The molecular weight excluding hydrogens is 238 g/mol. The Hall–Kier alpha value is -1.62. The lowest BCUT2D eigenvalue weighted by Gasteiger charge is -2.14. The smallest absolute Gasteiger partial charge is 0.0644 e. The van der Waals surface area contributed by atoms with Gasteiger partial charge in [0.1, 0.15) is 0 Å². The van der Waals surface area contributed by atoms with Crippen LogP contribution in [0.15, 0.2) is 18.5 Å². The topological polar surface area (TPSA) is 47.7 Å². The van der Waals surface area contributed by atoms with Crippen molar-refractivity contribution in [2.45, 2.75) is 39.8 Å². The molecule has 19 heavy (non-hydrogen) atoms. The predicted octanol–water partition coefficient (Wildman–Crippen LogP) is 1.97. The molecule has 0 aliphatic carbocycles. The van der Waals surface area contributed by atoms with E-state index in [1.165, 1.54) is 11.3 Å². The van der Waals surface area contributed by atoms with Crippen molar-refractivity contribution in [2.24, 2.45) is 7.05 Å². The van der Waals surface area contributed by atoms with Crippen LogP contribution in [0.25, 0.3) is 0 Å². The molecule has 0 radical (unpaired) electrons. The van der Waals surface area contributed by atoms with Crippen molar-refractivity contribution in [3.63, 3.8) is 0 Å². The molecule has 2 aromatic heterocycles. The largest absolute Gasteiger partial charge is 0.310 e. The maximum absolute atomic E-state index is 4.46. The van der Waals surface area contributed by atoms with E-state index in [9.17, 15) is 0 Å². The van der Waals surface area contributed by atoms with Crippen molar-refractivity contribution in [3.05, 3.63) is 35.4 Å². The minimum Gasteiger partial charge on any atom is -0.310 e. The third-order valence-electron chi connectivity index (χ3n) is 3.57. The van der Waals surface area contributed by atoms with Gasteiger partial charge in [-0.2, -0.15) is 10.2 Å². The highest BCUT2D eigenvalue weighted by Crippen LogP contribution is 2.20. The first-order chi connectivity index (χ1) is 9.09. The standard InChI is InChI=1S/C14H23N5/c1-11(14-12(2)17-18(4)13(14)3)15-7-5-9-19-10-6-8-16-19/h6,8,10-11,15H,5,7,9H2,1-4H3. The number of nitrogens with one attached hydrogen (secondary N) is 1. The third-order valence-corrected chi connectivity index (χ3v) is 3.57. The van der Waals surface area contributed by atoms with Gasteiger partial charge in [0.15, 0.2) is 0 Å². The highest BCUT2D eigenvalue weighted by atomic mass is 15.3. The van der Waals surface area contributed by atoms with Crippen LogP contribution in [0.1, 0.15) is 36.3 Å². The van der Waals surface area contributed by atoms with Crippen LogP contribution in [0.3, 0.4) is 0 Å². The first-order valence-electron chi connectivity index (χ1n) is 6.80. The fourth-order valence-corrected chi connectivity index (χ4v) is 2.51. The van der Waals surface area contributed by atoms with Gasteiger partial charge in [-0.25, -0.2) is 0 Å². The molecule has 1 N–H and O–H groups in total. The summed E-state index contributed by atoms with van der Waals surface area (Å²) in [7, 11) is 2.00. The molecular formula is C14H23N5. The fraction of sp³-hybridized carbons (Fsp3) is 0.571. The number of rotatable bonds is 6. The molecule has 0 aliphatic rings. The second kappa shape index (κ2) is 6.02. The highest BCUT2D eigenvalue weighted by molar-refractivity contribution is 5.27. The molecule has 1 atom stereocenters. The second-order valence-electron chi connectivity index (χ2n) is 5.01. The summed E-state index contributed by atoms with van der Waals surface area (Å²) in [4.78, 5) is 0. The number of hydrogen-bond acceptors (Lipinski definition) is 3. The summed E-state index contributed by atoms with van der Waals surface area (Å²) >= 11 is 0. The minimum atomic E-state index is 0.339. The van der Waals surface area contributed by atoms with E-state index in [0.717, 1.165) is 25.2 Å². The van der Waals surface area contributed by atoms with Crippen LogP contribution < -0.4 is 5.32 Å². The Balaban J connectivity index is 1.82. The Morgan fingerprint density at radius 2 is 2.16 bits per heavy atom. The molecule has 0 spiro atoms. The zero-order valence-electron chi connectivity index (χ0n) is 12.2. The lowest BCUT2D eigenvalue weighted by atomic mass is 10.1. The summed E-state index contributed by atoms with van der Waals surface area (Å²) in [6, 6.07) is 2.30. The van der Waals surface area contributed by atoms with Crippen LogP contribution in [0.4, 0.5) is 0 Å². The van der Waals surface area contributed by atoms with Crippen LogP contribution in [0.5, 0.6) is 0 Å². The molecule has 5 nitrogen and oxygen atoms in total. The van der Waals surface area contributed by atoms with E-state index in [2.05, 4.69) is 36.3 Å². The lowest BCUT2D eigenvalue weighted by molar-refractivity contribution is 0.504. The molecule has 0 aromatic carbocycles. The molecule has 0 saturated heterocycles. The van der Waals surface area contributed by atoms with Crippen LogP contribution in [-0.4, -0.2) is 26.1 Å². The van der Waals surface area contributed by atoms with Crippen molar-refractivity contribution in [1.82, 2.24) is 24.9 Å². The van der Waals surface area contributed by atoms with E-state index in [0.29, 0.717) is 6.04 Å². The van der Waals surface area contributed by atoms with Crippen LogP contribution in [-0.2, 0) is 13.6 Å². The molecule has 104 valence electrons. The molecule has 0 amide bonds.